The second kappa shape index (κ2) is 7.04. The molecule has 1 aliphatic rings. The summed E-state index contributed by atoms with van der Waals surface area (Å²) in [5.74, 6) is -0.142. The highest BCUT2D eigenvalue weighted by molar-refractivity contribution is 6.56. The van der Waals surface area contributed by atoms with E-state index in [4.69, 9.17) is 32.5 Å². The van der Waals surface area contributed by atoms with E-state index in [1.165, 1.54) is 6.92 Å². The van der Waals surface area contributed by atoms with Gasteiger partial charge in [-0.3, -0.25) is 4.79 Å². The minimum atomic E-state index is -0.593. The Hall–Kier alpha value is -1.08. The minimum absolute atomic E-state index is 0.142. The van der Waals surface area contributed by atoms with E-state index in [1.807, 2.05) is 33.8 Å². The van der Waals surface area contributed by atoms with Crippen LogP contribution in [0.1, 0.15) is 40.2 Å². The van der Waals surface area contributed by atoms with Crippen molar-refractivity contribution in [3.8, 4) is 0 Å². The van der Waals surface area contributed by atoms with Crippen LogP contribution in [0.25, 0.3) is 6.08 Å². The standard InChI is InChI=1S/C16H21BCl2N2O3/c1-10(22)21-9-12(8-11-6-7-20-14(19)13(11)18)17-23-15(2,3)16(4,5)24-17/h6-8H,9H2,1-5H3,(H,21,22). The number of amides is 1. The highest BCUT2D eigenvalue weighted by Gasteiger charge is 2.52. The van der Waals surface area contributed by atoms with Gasteiger partial charge < -0.3 is 14.6 Å². The molecule has 0 aromatic carbocycles. The van der Waals surface area contributed by atoms with Crippen LogP contribution in [-0.2, 0) is 14.1 Å². The zero-order valence-electron chi connectivity index (χ0n) is 14.4. The molecule has 1 amide bonds. The summed E-state index contributed by atoms with van der Waals surface area (Å²) in [6.07, 6.45) is 3.38. The predicted octanol–water partition coefficient (Wildman–Crippen LogP) is 3.54. The van der Waals surface area contributed by atoms with Crippen LogP contribution in [0, 0.1) is 0 Å². The molecule has 1 saturated heterocycles. The number of nitrogens with zero attached hydrogens (tertiary/aromatic N) is 1. The van der Waals surface area contributed by atoms with Crippen molar-refractivity contribution in [2.24, 2.45) is 0 Å². The normalized spacial score (nSPS) is 19.5. The van der Waals surface area contributed by atoms with Gasteiger partial charge in [0.2, 0.25) is 5.91 Å². The Balaban J connectivity index is 2.37. The van der Waals surface area contributed by atoms with E-state index in [-0.39, 0.29) is 17.6 Å². The number of carbonyl (C=O) groups is 1. The lowest BCUT2D eigenvalue weighted by atomic mass is 9.77. The molecule has 2 rings (SSSR count). The second-order valence-corrected chi connectivity index (χ2v) is 7.46. The van der Waals surface area contributed by atoms with Gasteiger partial charge in [-0.2, -0.15) is 0 Å². The quantitative estimate of drug-likeness (QED) is 0.650. The van der Waals surface area contributed by atoms with Gasteiger partial charge in [-0.25, -0.2) is 4.98 Å². The Kier molecular flexibility index (Phi) is 5.65. The fraction of sp³-hybridized carbons (Fsp3) is 0.500. The summed E-state index contributed by atoms with van der Waals surface area (Å²) in [6, 6.07) is 1.74. The third-order valence-corrected chi connectivity index (χ3v) is 5.10. The Bertz CT molecular complexity index is 661. The van der Waals surface area contributed by atoms with E-state index in [9.17, 15) is 4.79 Å². The van der Waals surface area contributed by atoms with E-state index in [1.54, 1.807) is 12.3 Å². The van der Waals surface area contributed by atoms with Crippen LogP contribution in [0.4, 0.5) is 0 Å². The van der Waals surface area contributed by atoms with Crippen molar-refractivity contribution < 1.29 is 14.1 Å². The molecule has 0 aliphatic carbocycles. The van der Waals surface area contributed by atoms with Crippen molar-refractivity contribution in [2.45, 2.75) is 45.8 Å². The molecule has 2 heterocycles. The van der Waals surface area contributed by atoms with Crippen LogP contribution in [-0.4, -0.2) is 35.8 Å². The molecule has 1 aliphatic heterocycles. The van der Waals surface area contributed by atoms with E-state index in [0.717, 1.165) is 5.47 Å². The molecular weight excluding hydrogens is 350 g/mol. The fourth-order valence-corrected chi connectivity index (χ4v) is 2.50. The molecule has 1 aromatic heterocycles. The van der Waals surface area contributed by atoms with Crippen molar-refractivity contribution in [3.05, 3.63) is 33.5 Å². The Labute approximate surface area is 152 Å². The predicted molar refractivity (Wildman–Crippen MR) is 97.0 cm³/mol. The summed E-state index contributed by atoms with van der Waals surface area (Å²) in [4.78, 5) is 15.3. The highest BCUT2D eigenvalue weighted by atomic mass is 35.5. The first kappa shape index (κ1) is 19.3. The number of rotatable bonds is 4. The third kappa shape index (κ3) is 4.12. The molecule has 0 unspecified atom stereocenters. The largest absolute Gasteiger partial charge is 0.492 e. The molecule has 0 saturated carbocycles. The molecule has 1 fully saturated rings. The number of carbonyl (C=O) groups excluding carboxylic acids is 1. The minimum Gasteiger partial charge on any atom is -0.400 e. The first-order valence-corrected chi connectivity index (χ1v) is 8.39. The van der Waals surface area contributed by atoms with Gasteiger partial charge in [0, 0.05) is 19.7 Å². The van der Waals surface area contributed by atoms with Gasteiger partial charge in [-0.15, -0.1) is 0 Å². The molecular formula is C16H21BCl2N2O3. The van der Waals surface area contributed by atoms with Gasteiger partial charge in [0.05, 0.1) is 16.2 Å². The van der Waals surface area contributed by atoms with Gasteiger partial charge in [0.25, 0.3) is 0 Å². The fourth-order valence-electron chi connectivity index (χ4n) is 2.17. The summed E-state index contributed by atoms with van der Waals surface area (Å²) >= 11 is 12.2. The van der Waals surface area contributed by atoms with E-state index in [2.05, 4.69) is 10.3 Å². The monoisotopic (exact) mass is 370 g/mol. The van der Waals surface area contributed by atoms with Crippen molar-refractivity contribution in [1.29, 1.82) is 0 Å². The number of hydrogen-bond acceptors (Lipinski definition) is 4. The van der Waals surface area contributed by atoms with E-state index in [0.29, 0.717) is 10.6 Å². The molecule has 24 heavy (non-hydrogen) atoms. The highest BCUT2D eigenvalue weighted by Crippen LogP contribution is 2.39. The lowest BCUT2D eigenvalue weighted by Crippen LogP contribution is -2.41. The maximum Gasteiger partial charge on any atom is 0.492 e. The number of pyridine rings is 1. The summed E-state index contributed by atoms with van der Waals surface area (Å²) in [6.45, 7) is 9.62. The zero-order chi connectivity index (χ0) is 18.1. The molecule has 8 heteroatoms. The molecule has 130 valence electrons. The topological polar surface area (TPSA) is 60.5 Å². The molecule has 0 radical (unpaired) electrons. The molecule has 0 atom stereocenters. The van der Waals surface area contributed by atoms with Crippen molar-refractivity contribution in [2.75, 3.05) is 6.54 Å². The molecule has 1 N–H and O–H groups in total. The van der Waals surface area contributed by atoms with Crippen molar-refractivity contribution >= 4 is 42.3 Å². The first-order chi connectivity index (χ1) is 11.0. The summed E-state index contributed by atoms with van der Waals surface area (Å²) in [5.41, 5.74) is 0.471. The van der Waals surface area contributed by atoms with Crippen LogP contribution in [0.3, 0.4) is 0 Å². The van der Waals surface area contributed by atoms with Crippen LogP contribution in [0.5, 0.6) is 0 Å². The zero-order valence-corrected chi connectivity index (χ0v) is 16.0. The van der Waals surface area contributed by atoms with Crippen LogP contribution < -0.4 is 5.32 Å². The third-order valence-electron chi connectivity index (χ3n) is 4.31. The van der Waals surface area contributed by atoms with Gasteiger partial charge in [0.1, 0.15) is 5.15 Å². The SMILES string of the molecule is CC(=O)NCC(=Cc1ccnc(Cl)c1Cl)B1OC(C)(C)C(C)(C)O1. The lowest BCUT2D eigenvalue weighted by molar-refractivity contribution is -0.118. The number of aromatic nitrogens is 1. The second-order valence-electron chi connectivity index (χ2n) is 6.72. The maximum atomic E-state index is 11.3. The molecule has 0 bridgehead atoms. The first-order valence-electron chi connectivity index (χ1n) is 7.64. The molecule has 1 aromatic rings. The average molecular weight is 371 g/mol. The van der Waals surface area contributed by atoms with E-state index >= 15 is 0 Å². The molecule has 5 nitrogen and oxygen atoms in total. The number of halogens is 2. The van der Waals surface area contributed by atoms with Crippen LogP contribution >= 0.6 is 23.2 Å². The number of nitrogens with one attached hydrogen (secondary N) is 1. The summed E-state index contributed by atoms with van der Waals surface area (Å²) in [5, 5.41) is 3.34. The Morgan fingerprint density at radius 1 is 1.29 bits per heavy atom. The van der Waals surface area contributed by atoms with E-state index < -0.39 is 18.3 Å². The van der Waals surface area contributed by atoms with Gasteiger partial charge in [-0.05, 0) is 44.8 Å². The smallest absolute Gasteiger partial charge is 0.400 e. The van der Waals surface area contributed by atoms with Crippen LogP contribution in [0.2, 0.25) is 10.2 Å². The van der Waals surface area contributed by atoms with Crippen molar-refractivity contribution in [3.63, 3.8) is 0 Å². The van der Waals surface area contributed by atoms with Gasteiger partial charge in [-0.1, -0.05) is 29.3 Å². The van der Waals surface area contributed by atoms with Crippen molar-refractivity contribution in [1.82, 2.24) is 10.3 Å². The Morgan fingerprint density at radius 2 is 1.88 bits per heavy atom. The Morgan fingerprint density at radius 3 is 2.42 bits per heavy atom. The summed E-state index contributed by atoms with van der Waals surface area (Å²) in [7, 11) is -0.593. The number of hydrogen-bond donors (Lipinski definition) is 1. The lowest BCUT2D eigenvalue weighted by Gasteiger charge is -2.32. The maximum absolute atomic E-state index is 11.3. The van der Waals surface area contributed by atoms with Crippen LogP contribution in [0.15, 0.2) is 17.7 Å². The average Bonchev–Trinajstić information content (AvgIpc) is 2.67. The van der Waals surface area contributed by atoms with Gasteiger partial charge >= 0.3 is 7.12 Å². The summed E-state index contributed by atoms with van der Waals surface area (Å²) < 4.78 is 12.1. The molecule has 0 spiro atoms. The van der Waals surface area contributed by atoms with Gasteiger partial charge in [0.15, 0.2) is 0 Å².